The Morgan fingerprint density at radius 3 is 2.45 bits per heavy atom. The Labute approximate surface area is 132 Å². The summed E-state index contributed by atoms with van der Waals surface area (Å²) < 4.78 is 6.63. The van der Waals surface area contributed by atoms with Crippen molar-refractivity contribution in [3.63, 3.8) is 0 Å². The Balaban J connectivity index is 1.66. The van der Waals surface area contributed by atoms with E-state index in [-0.39, 0.29) is 5.91 Å². The molecule has 1 amide bonds. The van der Waals surface area contributed by atoms with Crippen LogP contribution in [0.25, 0.3) is 0 Å². The van der Waals surface area contributed by atoms with Crippen LogP contribution in [0.15, 0.2) is 54.6 Å². The highest BCUT2D eigenvalue weighted by Gasteiger charge is 2.03. The Morgan fingerprint density at radius 1 is 1.05 bits per heavy atom. The normalized spacial score (nSPS) is 10.2. The van der Waals surface area contributed by atoms with Crippen molar-refractivity contribution < 1.29 is 9.53 Å². The minimum Gasteiger partial charge on any atom is -0.375 e. The van der Waals surface area contributed by atoms with E-state index in [0.29, 0.717) is 25.3 Å². The molecule has 0 fully saturated rings. The molecule has 0 saturated carbocycles. The number of benzene rings is 2. The summed E-state index contributed by atoms with van der Waals surface area (Å²) in [5, 5.41) is 2.84. The van der Waals surface area contributed by atoms with E-state index in [4.69, 9.17) is 4.74 Å². The maximum Gasteiger partial charge on any atom is 0.251 e. The van der Waals surface area contributed by atoms with Crippen molar-refractivity contribution in [2.45, 2.75) is 6.61 Å². The zero-order valence-electron chi connectivity index (χ0n) is 11.0. The van der Waals surface area contributed by atoms with Crippen molar-refractivity contribution in [3.8, 4) is 0 Å². The molecule has 104 valence electrons. The Kier molecular flexibility index (Phi) is 6.01. The first kappa shape index (κ1) is 15.0. The van der Waals surface area contributed by atoms with E-state index in [9.17, 15) is 4.79 Å². The molecule has 20 heavy (non-hydrogen) atoms. The average molecular weight is 381 g/mol. The van der Waals surface area contributed by atoms with Crippen molar-refractivity contribution >= 4 is 28.5 Å². The largest absolute Gasteiger partial charge is 0.375 e. The number of carbonyl (C=O) groups is 1. The van der Waals surface area contributed by atoms with Gasteiger partial charge in [-0.05, 0) is 52.4 Å². The molecule has 0 atom stereocenters. The first-order valence-corrected chi connectivity index (χ1v) is 7.49. The van der Waals surface area contributed by atoms with Gasteiger partial charge in [-0.25, -0.2) is 0 Å². The van der Waals surface area contributed by atoms with Crippen molar-refractivity contribution in [1.82, 2.24) is 5.32 Å². The highest BCUT2D eigenvalue weighted by atomic mass is 127. The minimum atomic E-state index is -0.0651. The Hall–Kier alpha value is -1.40. The molecule has 0 bridgehead atoms. The number of halogens is 1. The molecular formula is C16H16INO2. The number of hydrogen-bond donors (Lipinski definition) is 1. The summed E-state index contributed by atoms with van der Waals surface area (Å²) in [5.74, 6) is -0.0651. The average Bonchev–Trinajstić information content (AvgIpc) is 2.48. The fourth-order valence-electron chi connectivity index (χ4n) is 1.70. The topological polar surface area (TPSA) is 38.3 Å². The van der Waals surface area contributed by atoms with Gasteiger partial charge in [0.15, 0.2) is 0 Å². The summed E-state index contributed by atoms with van der Waals surface area (Å²) in [7, 11) is 0. The predicted octanol–water partition coefficient (Wildman–Crippen LogP) is 3.24. The van der Waals surface area contributed by atoms with E-state index in [1.54, 1.807) is 0 Å². The van der Waals surface area contributed by atoms with Crippen molar-refractivity contribution in [2.24, 2.45) is 0 Å². The van der Waals surface area contributed by atoms with Crippen LogP contribution in [-0.4, -0.2) is 19.1 Å². The second-order valence-electron chi connectivity index (χ2n) is 4.30. The fraction of sp³-hybridized carbons (Fsp3) is 0.188. The number of hydrogen-bond acceptors (Lipinski definition) is 2. The van der Waals surface area contributed by atoms with Crippen LogP contribution in [-0.2, 0) is 11.3 Å². The smallest absolute Gasteiger partial charge is 0.251 e. The monoisotopic (exact) mass is 381 g/mol. The first-order valence-electron chi connectivity index (χ1n) is 6.41. The SMILES string of the molecule is O=C(NCCOCc1ccccc1)c1ccc(I)cc1. The quantitative estimate of drug-likeness (QED) is 0.617. The minimum absolute atomic E-state index is 0.0651. The van der Waals surface area contributed by atoms with Crippen molar-refractivity contribution in [1.29, 1.82) is 0 Å². The lowest BCUT2D eigenvalue weighted by Gasteiger charge is -2.07. The molecule has 0 radical (unpaired) electrons. The molecule has 0 aromatic heterocycles. The first-order chi connectivity index (χ1) is 9.75. The second-order valence-corrected chi connectivity index (χ2v) is 5.55. The summed E-state index contributed by atoms with van der Waals surface area (Å²) in [6, 6.07) is 17.5. The van der Waals surface area contributed by atoms with Gasteiger partial charge in [-0.3, -0.25) is 4.79 Å². The van der Waals surface area contributed by atoms with Gasteiger partial charge in [0.1, 0.15) is 0 Å². The molecular weight excluding hydrogens is 365 g/mol. The second kappa shape index (κ2) is 8.01. The van der Waals surface area contributed by atoms with E-state index >= 15 is 0 Å². The maximum absolute atomic E-state index is 11.8. The molecule has 0 heterocycles. The van der Waals surface area contributed by atoms with Gasteiger partial charge in [0, 0.05) is 15.7 Å². The predicted molar refractivity (Wildman–Crippen MR) is 87.6 cm³/mol. The lowest BCUT2D eigenvalue weighted by atomic mass is 10.2. The van der Waals surface area contributed by atoms with E-state index < -0.39 is 0 Å². The highest BCUT2D eigenvalue weighted by molar-refractivity contribution is 14.1. The van der Waals surface area contributed by atoms with Crippen LogP contribution < -0.4 is 5.32 Å². The Bertz CT molecular complexity index is 540. The van der Waals surface area contributed by atoms with E-state index in [1.807, 2.05) is 54.6 Å². The molecule has 4 heteroatoms. The third-order valence-corrected chi connectivity index (χ3v) is 3.47. The molecule has 3 nitrogen and oxygen atoms in total. The standard InChI is InChI=1S/C16H16INO2/c17-15-8-6-14(7-9-15)16(19)18-10-11-20-12-13-4-2-1-3-5-13/h1-9H,10-12H2,(H,18,19). The van der Waals surface area contributed by atoms with Crippen LogP contribution in [0.2, 0.25) is 0 Å². The molecule has 2 rings (SSSR count). The maximum atomic E-state index is 11.8. The van der Waals surface area contributed by atoms with E-state index in [1.165, 1.54) is 0 Å². The van der Waals surface area contributed by atoms with Gasteiger partial charge < -0.3 is 10.1 Å². The lowest BCUT2D eigenvalue weighted by Crippen LogP contribution is -2.27. The van der Waals surface area contributed by atoms with Crippen molar-refractivity contribution in [2.75, 3.05) is 13.2 Å². The van der Waals surface area contributed by atoms with Crippen LogP contribution in [0.1, 0.15) is 15.9 Å². The molecule has 2 aromatic rings. The molecule has 2 aromatic carbocycles. The summed E-state index contributed by atoms with van der Waals surface area (Å²) in [5.41, 5.74) is 1.81. The van der Waals surface area contributed by atoms with Gasteiger partial charge >= 0.3 is 0 Å². The number of carbonyl (C=O) groups excluding carboxylic acids is 1. The summed E-state index contributed by atoms with van der Waals surface area (Å²) in [6.07, 6.45) is 0. The van der Waals surface area contributed by atoms with Crippen LogP contribution in [0.3, 0.4) is 0 Å². The molecule has 0 aliphatic rings. The number of nitrogens with one attached hydrogen (secondary N) is 1. The number of ether oxygens (including phenoxy) is 1. The van der Waals surface area contributed by atoms with Crippen LogP contribution in [0, 0.1) is 3.57 Å². The van der Waals surface area contributed by atoms with Gasteiger partial charge in [-0.1, -0.05) is 30.3 Å². The summed E-state index contributed by atoms with van der Waals surface area (Å²) in [6.45, 7) is 1.59. The highest BCUT2D eigenvalue weighted by Crippen LogP contribution is 2.06. The van der Waals surface area contributed by atoms with Crippen LogP contribution in [0.5, 0.6) is 0 Å². The van der Waals surface area contributed by atoms with Crippen molar-refractivity contribution in [3.05, 3.63) is 69.3 Å². The zero-order chi connectivity index (χ0) is 14.2. The molecule has 0 aliphatic carbocycles. The lowest BCUT2D eigenvalue weighted by molar-refractivity contribution is 0.0901. The fourth-order valence-corrected chi connectivity index (χ4v) is 2.06. The molecule has 0 unspecified atom stereocenters. The van der Waals surface area contributed by atoms with Gasteiger partial charge in [0.2, 0.25) is 0 Å². The summed E-state index contributed by atoms with van der Waals surface area (Å²) in [4.78, 5) is 11.8. The van der Waals surface area contributed by atoms with Gasteiger partial charge in [0.05, 0.1) is 13.2 Å². The third kappa shape index (κ3) is 4.94. The summed E-state index contributed by atoms with van der Waals surface area (Å²) >= 11 is 2.21. The van der Waals surface area contributed by atoms with Gasteiger partial charge in [-0.15, -0.1) is 0 Å². The van der Waals surface area contributed by atoms with Gasteiger partial charge in [0.25, 0.3) is 5.91 Å². The third-order valence-electron chi connectivity index (χ3n) is 2.75. The number of amides is 1. The Morgan fingerprint density at radius 2 is 1.75 bits per heavy atom. The van der Waals surface area contributed by atoms with Gasteiger partial charge in [-0.2, -0.15) is 0 Å². The van der Waals surface area contributed by atoms with Crippen LogP contribution in [0.4, 0.5) is 0 Å². The number of rotatable bonds is 6. The van der Waals surface area contributed by atoms with E-state index in [2.05, 4.69) is 27.9 Å². The van der Waals surface area contributed by atoms with Crippen LogP contribution >= 0.6 is 22.6 Å². The van der Waals surface area contributed by atoms with E-state index in [0.717, 1.165) is 9.13 Å². The molecule has 1 N–H and O–H groups in total. The molecule has 0 saturated heterocycles. The molecule has 0 spiro atoms. The zero-order valence-corrected chi connectivity index (χ0v) is 13.2. The molecule has 0 aliphatic heterocycles.